The Balaban J connectivity index is 1.76. The summed E-state index contributed by atoms with van der Waals surface area (Å²) < 4.78 is 0. The van der Waals surface area contributed by atoms with Gasteiger partial charge in [-0.25, -0.2) is 0 Å². The number of para-hydroxylation sites is 1. The summed E-state index contributed by atoms with van der Waals surface area (Å²) >= 11 is 13.5. The van der Waals surface area contributed by atoms with Gasteiger partial charge in [0.25, 0.3) is 0 Å². The van der Waals surface area contributed by atoms with Gasteiger partial charge in [0.1, 0.15) is 0 Å². The number of rotatable bonds is 4. The number of benzene rings is 2. The van der Waals surface area contributed by atoms with Gasteiger partial charge in [-0.1, -0.05) is 41.4 Å². The van der Waals surface area contributed by atoms with Crippen LogP contribution in [0.4, 0.5) is 5.69 Å². The molecule has 1 N–H and O–H groups in total. The Labute approximate surface area is 154 Å². The van der Waals surface area contributed by atoms with E-state index in [4.69, 9.17) is 23.2 Å². The number of halogens is 2. The highest BCUT2D eigenvalue weighted by atomic mass is 35.5. The van der Waals surface area contributed by atoms with E-state index in [0.29, 0.717) is 15.7 Å². The Bertz CT molecular complexity index is 896. The van der Waals surface area contributed by atoms with Crippen LogP contribution in [0.3, 0.4) is 0 Å². The summed E-state index contributed by atoms with van der Waals surface area (Å²) in [7, 11) is 0. The van der Waals surface area contributed by atoms with Crippen molar-refractivity contribution in [3.8, 4) is 0 Å². The highest BCUT2D eigenvalue weighted by molar-refractivity contribution is 8.00. The lowest BCUT2D eigenvalue weighted by molar-refractivity contribution is -0.115. The highest BCUT2D eigenvalue weighted by Crippen LogP contribution is 2.31. The third-order valence-electron chi connectivity index (χ3n) is 3.47. The lowest BCUT2D eigenvalue weighted by Gasteiger charge is -2.14. The standard InChI is InChI=1S/C18H14Cl2N2OS/c1-11(18(23)22-16-7-6-12(19)10-14(16)20)24-17-8-9-21-15-5-3-2-4-13(15)17/h2-11H,1H3,(H,22,23). The van der Waals surface area contributed by atoms with Crippen LogP contribution in [-0.2, 0) is 4.79 Å². The van der Waals surface area contributed by atoms with E-state index >= 15 is 0 Å². The van der Waals surface area contributed by atoms with Gasteiger partial charge in [-0.2, -0.15) is 0 Å². The van der Waals surface area contributed by atoms with Crippen LogP contribution in [0, 0.1) is 0 Å². The topological polar surface area (TPSA) is 42.0 Å². The zero-order valence-corrected chi connectivity index (χ0v) is 15.1. The second-order valence-corrected chi connectivity index (χ2v) is 7.43. The molecule has 0 aliphatic carbocycles. The van der Waals surface area contributed by atoms with E-state index in [1.54, 1.807) is 24.4 Å². The molecular weight excluding hydrogens is 363 g/mol. The first-order valence-electron chi connectivity index (χ1n) is 7.31. The van der Waals surface area contributed by atoms with E-state index in [2.05, 4.69) is 10.3 Å². The third kappa shape index (κ3) is 3.83. The Hall–Kier alpha value is -1.75. The van der Waals surface area contributed by atoms with Crippen molar-refractivity contribution >= 4 is 57.5 Å². The van der Waals surface area contributed by atoms with Crippen molar-refractivity contribution in [3.05, 3.63) is 64.8 Å². The smallest absolute Gasteiger partial charge is 0.237 e. The molecule has 0 saturated carbocycles. The number of hydrogen-bond donors (Lipinski definition) is 1. The number of nitrogens with zero attached hydrogens (tertiary/aromatic N) is 1. The number of amides is 1. The zero-order valence-electron chi connectivity index (χ0n) is 12.8. The minimum atomic E-state index is -0.289. The molecule has 0 aliphatic rings. The van der Waals surface area contributed by atoms with E-state index in [1.165, 1.54) is 11.8 Å². The summed E-state index contributed by atoms with van der Waals surface area (Å²) in [5.41, 5.74) is 1.47. The van der Waals surface area contributed by atoms with Crippen molar-refractivity contribution < 1.29 is 4.79 Å². The largest absolute Gasteiger partial charge is 0.324 e. The summed E-state index contributed by atoms with van der Waals surface area (Å²) in [5.74, 6) is -0.120. The molecule has 1 atom stereocenters. The fourth-order valence-electron chi connectivity index (χ4n) is 2.24. The first kappa shape index (κ1) is 17.1. The van der Waals surface area contributed by atoms with E-state index in [9.17, 15) is 4.79 Å². The minimum Gasteiger partial charge on any atom is -0.324 e. The number of aromatic nitrogens is 1. The first-order chi connectivity index (χ1) is 11.5. The Morgan fingerprint density at radius 3 is 2.75 bits per heavy atom. The van der Waals surface area contributed by atoms with Crippen molar-refractivity contribution in [1.29, 1.82) is 0 Å². The van der Waals surface area contributed by atoms with Gasteiger partial charge in [-0.15, -0.1) is 11.8 Å². The monoisotopic (exact) mass is 376 g/mol. The normalized spacial score (nSPS) is 12.1. The molecular formula is C18H14Cl2N2OS. The molecule has 2 aromatic carbocycles. The summed E-state index contributed by atoms with van der Waals surface area (Å²) in [6, 6.07) is 14.8. The molecule has 0 saturated heterocycles. The molecule has 0 aliphatic heterocycles. The van der Waals surface area contributed by atoms with Crippen LogP contribution in [0.25, 0.3) is 10.9 Å². The van der Waals surface area contributed by atoms with Crippen molar-refractivity contribution in [2.75, 3.05) is 5.32 Å². The van der Waals surface area contributed by atoms with Crippen LogP contribution < -0.4 is 5.32 Å². The van der Waals surface area contributed by atoms with Gasteiger partial charge in [-0.05, 0) is 37.3 Å². The number of nitrogens with one attached hydrogen (secondary N) is 1. The summed E-state index contributed by atoms with van der Waals surface area (Å²) in [4.78, 5) is 17.8. The first-order valence-corrected chi connectivity index (χ1v) is 8.94. The zero-order chi connectivity index (χ0) is 17.1. The number of fused-ring (bicyclic) bond motifs is 1. The van der Waals surface area contributed by atoms with Crippen LogP contribution in [0.2, 0.25) is 10.0 Å². The average molecular weight is 377 g/mol. The molecule has 0 radical (unpaired) electrons. The molecule has 1 heterocycles. The molecule has 3 aromatic rings. The van der Waals surface area contributed by atoms with Crippen LogP contribution in [-0.4, -0.2) is 16.1 Å². The van der Waals surface area contributed by atoms with Gasteiger partial charge in [0, 0.05) is 21.5 Å². The number of pyridine rings is 1. The third-order valence-corrected chi connectivity index (χ3v) is 5.20. The van der Waals surface area contributed by atoms with Crippen molar-refractivity contribution in [2.24, 2.45) is 0 Å². The van der Waals surface area contributed by atoms with Gasteiger partial charge >= 0.3 is 0 Å². The lowest BCUT2D eigenvalue weighted by atomic mass is 10.2. The molecule has 3 nitrogen and oxygen atoms in total. The number of carbonyl (C=O) groups excluding carboxylic acids is 1. The number of thioether (sulfide) groups is 1. The molecule has 122 valence electrons. The van der Waals surface area contributed by atoms with E-state index < -0.39 is 0 Å². The molecule has 1 aromatic heterocycles. The summed E-state index contributed by atoms with van der Waals surface area (Å²) in [6.07, 6.45) is 1.76. The fraction of sp³-hybridized carbons (Fsp3) is 0.111. The second kappa shape index (κ2) is 7.43. The predicted molar refractivity (Wildman–Crippen MR) is 102 cm³/mol. The molecule has 0 bridgehead atoms. The second-order valence-electron chi connectivity index (χ2n) is 5.20. The Morgan fingerprint density at radius 2 is 1.96 bits per heavy atom. The van der Waals surface area contributed by atoms with Crippen molar-refractivity contribution in [2.45, 2.75) is 17.1 Å². The summed E-state index contributed by atoms with van der Waals surface area (Å²) in [5, 5.41) is 4.54. The van der Waals surface area contributed by atoms with Gasteiger partial charge in [-0.3, -0.25) is 9.78 Å². The van der Waals surface area contributed by atoms with Gasteiger partial charge in [0.15, 0.2) is 0 Å². The van der Waals surface area contributed by atoms with E-state index in [1.807, 2.05) is 37.3 Å². The van der Waals surface area contributed by atoms with Crippen LogP contribution in [0.1, 0.15) is 6.92 Å². The number of carbonyl (C=O) groups is 1. The van der Waals surface area contributed by atoms with Gasteiger partial charge < -0.3 is 5.32 Å². The van der Waals surface area contributed by atoms with Crippen LogP contribution in [0.5, 0.6) is 0 Å². The Kier molecular flexibility index (Phi) is 5.29. The van der Waals surface area contributed by atoms with Crippen molar-refractivity contribution in [3.63, 3.8) is 0 Å². The molecule has 6 heteroatoms. The lowest BCUT2D eigenvalue weighted by Crippen LogP contribution is -2.22. The molecule has 0 fully saturated rings. The number of hydrogen-bond acceptors (Lipinski definition) is 3. The maximum Gasteiger partial charge on any atom is 0.237 e. The number of anilines is 1. The quantitative estimate of drug-likeness (QED) is 0.597. The average Bonchev–Trinajstić information content (AvgIpc) is 2.57. The molecule has 0 spiro atoms. The fourth-order valence-corrected chi connectivity index (χ4v) is 3.68. The molecule has 1 unspecified atom stereocenters. The van der Waals surface area contributed by atoms with E-state index in [-0.39, 0.29) is 11.2 Å². The van der Waals surface area contributed by atoms with Crippen LogP contribution in [0.15, 0.2) is 59.6 Å². The SMILES string of the molecule is CC(Sc1ccnc2ccccc12)C(=O)Nc1ccc(Cl)cc1Cl. The molecule has 3 rings (SSSR count). The molecule has 1 amide bonds. The Morgan fingerprint density at radius 1 is 1.17 bits per heavy atom. The van der Waals surface area contributed by atoms with Gasteiger partial charge in [0.2, 0.25) is 5.91 Å². The maximum absolute atomic E-state index is 12.5. The minimum absolute atomic E-state index is 0.120. The van der Waals surface area contributed by atoms with E-state index in [0.717, 1.165) is 15.8 Å². The van der Waals surface area contributed by atoms with Crippen LogP contribution >= 0.6 is 35.0 Å². The highest BCUT2D eigenvalue weighted by Gasteiger charge is 2.17. The van der Waals surface area contributed by atoms with Gasteiger partial charge in [0.05, 0.1) is 21.5 Å². The maximum atomic E-state index is 12.5. The molecule has 24 heavy (non-hydrogen) atoms. The predicted octanol–water partition coefficient (Wildman–Crippen LogP) is 5.66. The van der Waals surface area contributed by atoms with Crippen molar-refractivity contribution in [1.82, 2.24) is 4.98 Å². The summed E-state index contributed by atoms with van der Waals surface area (Å²) in [6.45, 7) is 1.86.